The first-order valence-corrected chi connectivity index (χ1v) is 7.64. The molecule has 0 bridgehead atoms. The highest BCUT2D eigenvalue weighted by atomic mass is 35.5. The normalized spacial score (nSPS) is 12.3. The van der Waals surface area contributed by atoms with Crippen molar-refractivity contribution in [2.75, 3.05) is 0 Å². The van der Waals surface area contributed by atoms with E-state index in [1.807, 2.05) is 0 Å². The predicted molar refractivity (Wildman–Crippen MR) is 86.0 cm³/mol. The van der Waals surface area contributed by atoms with E-state index < -0.39 is 41.0 Å². The van der Waals surface area contributed by atoms with Gasteiger partial charge in [-0.3, -0.25) is 9.20 Å². The summed E-state index contributed by atoms with van der Waals surface area (Å²) < 4.78 is 45.7. The van der Waals surface area contributed by atoms with Gasteiger partial charge < -0.3 is 9.84 Å². The van der Waals surface area contributed by atoms with E-state index in [1.54, 1.807) is 13.8 Å². The number of rotatable bonds is 2. The average molecular weight is 390 g/mol. The third-order valence-corrected chi connectivity index (χ3v) is 3.91. The lowest BCUT2D eigenvalue weighted by Crippen LogP contribution is -2.32. The van der Waals surface area contributed by atoms with Gasteiger partial charge in [0.15, 0.2) is 0 Å². The lowest BCUT2D eigenvalue weighted by atomic mass is 10.1. The number of carboxylic acid groups (broad SMARTS) is 1. The summed E-state index contributed by atoms with van der Waals surface area (Å²) in [6, 6.07) is 3.52. The van der Waals surface area contributed by atoms with Crippen LogP contribution in [0.5, 0.6) is 5.88 Å². The van der Waals surface area contributed by atoms with Gasteiger partial charge in [0, 0.05) is 5.02 Å². The molecule has 2 heterocycles. The van der Waals surface area contributed by atoms with Gasteiger partial charge in [0.25, 0.3) is 0 Å². The number of carbonyl (C=O) groups is 1. The number of fused-ring (bicyclic) bond motifs is 3. The maximum absolute atomic E-state index is 13.5. The molecule has 0 aliphatic rings. The molecule has 0 atom stereocenters. The van der Waals surface area contributed by atoms with Crippen molar-refractivity contribution in [2.45, 2.75) is 26.1 Å². The zero-order valence-electron chi connectivity index (χ0n) is 13.3. The van der Waals surface area contributed by atoms with Crippen LogP contribution >= 0.6 is 11.6 Å². The molecule has 0 aliphatic carbocycles. The maximum Gasteiger partial charge on any atom is 0.512 e. The second kappa shape index (κ2) is 5.90. The molecule has 0 spiro atoms. The highest BCUT2D eigenvalue weighted by molar-refractivity contribution is 6.31. The number of benzene rings is 1. The van der Waals surface area contributed by atoms with Crippen molar-refractivity contribution in [3.05, 3.63) is 39.3 Å². The molecule has 138 valence electrons. The minimum atomic E-state index is -5.01. The number of hydrogen-bond donors (Lipinski definition) is 1. The summed E-state index contributed by atoms with van der Waals surface area (Å²) in [4.78, 5) is 27.1. The zero-order chi connectivity index (χ0) is 19.4. The van der Waals surface area contributed by atoms with Gasteiger partial charge >= 0.3 is 18.0 Å². The summed E-state index contributed by atoms with van der Waals surface area (Å²) in [5.41, 5.74) is -2.42. The lowest BCUT2D eigenvalue weighted by Gasteiger charge is -2.16. The Labute approximate surface area is 148 Å². The summed E-state index contributed by atoms with van der Waals surface area (Å²) in [5, 5.41) is 8.99. The molecule has 26 heavy (non-hydrogen) atoms. The molecule has 0 aliphatic heterocycles. The van der Waals surface area contributed by atoms with Crippen LogP contribution in [0.4, 0.5) is 18.0 Å². The van der Waals surface area contributed by atoms with Crippen LogP contribution in [0.15, 0.2) is 23.0 Å². The molecule has 1 aromatic carbocycles. The Morgan fingerprint density at radius 2 is 1.96 bits per heavy atom. The minimum Gasteiger partial charge on any atom is -0.449 e. The summed E-state index contributed by atoms with van der Waals surface area (Å²) in [7, 11) is 0. The van der Waals surface area contributed by atoms with Gasteiger partial charge in [-0.1, -0.05) is 25.4 Å². The van der Waals surface area contributed by atoms with Crippen molar-refractivity contribution >= 4 is 34.4 Å². The van der Waals surface area contributed by atoms with Crippen LogP contribution in [-0.4, -0.2) is 25.2 Å². The first kappa shape index (κ1) is 18.1. The smallest absolute Gasteiger partial charge is 0.449 e. The van der Waals surface area contributed by atoms with Crippen molar-refractivity contribution < 1.29 is 27.8 Å². The van der Waals surface area contributed by atoms with E-state index in [4.69, 9.17) is 16.7 Å². The Bertz CT molecular complexity index is 1100. The third-order valence-electron chi connectivity index (χ3n) is 3.68. The molecular formula is C15H11ClF3N3O4. The van der Waals surface area contributed by atoms with Crippen LogP contribution in [0.1, 0.15) is 25.5 Å². The van der Waals surface area contributed by atoms with Crippen molar-refractivity contribution in [1.82, 2.24) is 14.0 Å². The highest BCUT2D eigenvalue weighted by Crippen LogP contribution is 2.33. The van der Waals surface area contributed by atoms with Crippen molar-refractivity contribution in [2.24, 2.45) is 0 Å². The number of halogens is 4. The molecule has 3 aromatic rings. The van der Waals surface area contributed by atoms with E-state index in [1.165, 1.54) is 12.1 Å². The molecule has 0 amide bonds. The Balaban J connectivity index is 2.62. The second-order valence-corrected chi connectivity index (χ2v) is 6.16. The number of imidazole rings is 1. The third kappa shape index (κ3) is 2.75. The van der Waals surface area contributed by atoms with Gasteiger partial charge in [0.1, 0.15) is 0 Å². The topological polar surface area (TPSA) is 85.8 Å². The maximum atomic E-state index is 13.5. The molecule has 0 fully saturated rings. The summed E-state index contributed by atoms with van der Waals surface area (Å²) in [6.07, 6.45) is -6.71. The van der Waals surface area contributed by atoms with Crippen molar-refractivity contribution in [3.8, 4) is 5.88 Å². The van der Waals surface area contributed by atoms with Crippen LogP contribution < -0.4 is 10.3 Å². The molecule has 1 N–H and O–H groups in total. The molecule has 7 nitrogen and oxygen atoms in total. The van der Waals surface area contributed by atoms with Crippen molar-refractivity contribution in [1.29, 1.82) is 0 Å². The average Bonchev–Trinajstić information content (AvgIpc) is 2.85. The molecule has 0 unspecified atom stereocenters. The molecule has 2 aromatic heterocycles. The fourth-order valence-electron chi connectivity index (χ4n) is 2.79. The van der Waals surface area contributed by atoms with Crippen molar-refractivity contribution in [3.63, 3.8) is 0 Å². The van der Waals surface area contributed by atoms with Crippen LogP contribution in [0, 0.1) is 0 Å². The van der Waals surface area contributed by atoms with Crippen LogP contribution in [0.2, 0.25) is 5.02 Å². The number of hydrogen-bond acceptors (Lipinski definition) is 4. The Morgan fingerprint density at radius 3 is 2.50 bits per heavy atom. The van der Waals surface area contributed by atoms with Crippen LogP contribution in [0.25, 0.3) is 16.7 Å². The van der Waals surface area contributed by atoms with Crippen LogP contribution in [0.3, 0.4) is 0 Å². The SMILES string of the molecule is CC(C)c1c(OC(=O)O)nc2c(=O)n(C(F)(F)F)c3ccc(Cl)cc3n12. The standard InChI is InChI=1S/C15H11ClF3N3O4/c1-6(2)10-12(26-14(24)25)20-11-13(23)22(15(17,18)19)8-4-3-7(16)5-9(8)21(10)11/h3-6H,1-2H3,(H,24,25). The molecular weight excluding hydrogens is 379 g/mol. The van der Waals surface area contributed by atoms with Gasteiger partial charge in [-0.25, -0.2) is 9.36 Å². The van der Waals surface area contributed by atoms with E-state index >= 15 is 0 Å². The summed E-state index contributed by atoms with van der Waals surface area (Å²) in [6.45, 7) is 3.31. The Hall–Kier alpha value is -2.75. The first-order valence-electron chi connectivity index (χ1n) is 7.27. The van der Waals surface area contributed by atoms with Gasteiger partial charge in [-0.2, -0.15) is 4.98 Å². The summed E-state index contributed by atoms with van der Waals surface area (Å²) in [5.74, 6) is -0.867. The minimum absolute atomic E-state index is 0.0548. The molecule has 11 heteroatoms. The Morgan fingerprint density at radius 1 is 1.31 bits per heavy atom. The zero-order valence-corrected chi connectivity index (χ0v) is 14.1. The number of aromatic nitrogens is 3. The van der Waals surface area contributed by atoms with E-state index in [0.29, 0.717) is 0 Å². The van der Waals surface area contributed by atoms with Gasteiger partial charge in [-0.15, -0.1) is 13.2 Å². The highest BCUT2D eigenvalue weighted by Gasteiger charge is 2.36. The number of nitrogens with zero attached hydrogens (tertiary/aromatic N) is 3. The monoisotopic (exact) mass is 389 g/mol. The molecule has 0 radical (unpaired) electrons. The second-order valence-electron chi connectivity index (χ2n) is 5.73. The Kier molecular flexibility index (Phi) is 4.10. The fourth-order valence-corrected chi connectivity index (χ4v) is 2.96. The number of alkyl halides is 3. The summed E-state index contributed by atoms with van der Waals surface area (Å²) >= 11 is 5.92. The molecule has 0 saturated carbocycles. The van der Waals surface area contributed by atoms with Crippen LogP contribution in [-0.2, 0) is 6.30 Å². The molecule has 0 saturated heterocycles. The fraction of sp³-hybridized carbons (Fsp3) is 0.267. The van der Waals surface area contributed by atoms with E-state index in [0.717, 1.165) is 10.5 Å². The van der Waals surface area contributed by atoms with Gasteiger partial charge in [0.2, 0.25) is 11.5 Å². The van der Waals surface area contributed by atoms with E-state index in [-0.39, 0.29) is 20.8 Å². The predicted octanol–water partition coefficient (Wildman–Crippen LogP) is 3.96. The van der Waals surface area contributed by atoms with E-state index in [9.17, 15) is 22.8 Å². The quantitative estimate of drug-likeness (QED) is 0.670. The number of ether oxygens (including phenoxy) is 1. The lowest BCUT2D eigenvalue weighted by molar-refractivity contribution is -0.202. The first-order chi connectivity index (χ1) is 12.0. The van der Waals surface area contributed by atoms with Gasteiger partial charge in [0.05, 0.1) is 16.7 Å². The van der Waals surface area contributed by atoms with Gasteiger partial charge in [-0.05, 0) is 24.1 Å². The van der Waals surface area contributed by atoms with E-state index in [2.05, 4.69) is 9.72 Å². The molecule has 3 rings (SSSR count). The largest absolute Gasteiger partial charge is 0.512 e.